The second kappa shape index (κ2) is 8.93. The fourth-order valence-corrected chi connectivity index (χ4v) is 3.19. The number of nitrogens with one attached hydrogen (secondary N) is 1. The highest BCUT2D eigenvalue weighted by atomic mass is 16.3. The number of fused-ring (bicyclic) bond motifs is 1. The van der Waals surface area contributed by atoms with E-state index in [2.05, 4.69) is 24.8 Å². The first kappa shape index (κ1) is 19.4. The van der Waals surface area contributed by atoms with Gasteiger partial charge in [0.1, 0.15) is 0 Å². The number of hydrogen-bond donors (Lipinski definition) is 5. The number of nitrogens with zero attached hydrogens (tertiary/aromatic N) is 4. The van der Waals surface area contributed by atoms with Crippen molar-refractivity contribution in [3.05, 3.63) is 6.33 Å². The number of aliphatic hydroxyl groups is 3. The first-order valence-corrected chi connectivity index (χ1v) is 8.51. The fraction of sp³-hybridized carbons (Fsp3) is 0.688. The molecular formula is C16H28N6O3. The second-order valence-corrected chi connectivity index (χ2v) is 6.19. The van der Waals surface area contributed by atoms with Gasteiger partial charge in [0, 0.05) is 32.9 Å². The summed E-state index contributed by atoms with van der Waals surface area (Å²) in [7, 11) is 2.00. The quantitative estimate of drug-likeness (QED) is 0.536. The Labute approximate surface area is 146 Å². The first-order chi connectivity index (χ1) is 12.2. The summed E-state index contributed by atoms with van der Waals surface area (Å²) in [6.45, 7) is 0.259. The predicted octanol–water partition coefficient (Wildman–Crippen LogP) is 0.533. The number of nitrogens with two attached hydrogens (primary N) is 1. The molecule has 25 heavy (non-hydrogen) atoms. The molecule has 0 amide bonds. The Morgan fingerprint density at radius 3 is 2.48 bits per heavy atom. The number of hydrogen-bond acceptors (Lipinski definition) is 8. The van der Waals surface area contributed by atoms with Crippen LogP contribution in [0.3, 0.4) is 0 Å². The van der Waals surface area contributed by atoms with Gasteiger partial charge in [-0.05, 0) is 38.0 Å². The van der Waals surface area contributed by atoms with Crippen LogP contribution in [0.25, 0.3) is 11.2 Å². The summed E-state index contributed by atoms with van der Waals surface area (Å²) < 4.78 is 2.10. The molecule has 6 N–H and O–H groups in total. The van der Waals surface area contributed by atoms with Gasteiger partial charge in [-0.2, -0.15) is 9.97 Å². The summed E-state index contributed by atoms with van der Waals surface area (Å²) >= 11 is 0. The molecule has 2 fully saturated rings. The molecule has 140 valence electrons. The molecule has 4 rings (SSSR count). The van der Waals surface area contributed by atoms with Gasteiger partial charge in [-0.1, -0.05) is 0 Å². The van der Waals surface area contributed by atoms with E-state index in [1.165, 1.54) is 12.8 Å². The molecule has 2 atom stereocenters. The molecule has 2 unspecified atom stereocenters. The van der Waals surface area contributed by atoms with E-state index in [9.17, 15) is 5.11 Å². The van der Waals surface area contributed by atoms with Crippen molar-refractivity contribution in [2.45, 2.75) is 44.2 Å². The van der Waals surface area contributed by atoms with Gasteiger partial charge < -0.3 is 30.9 Å². The van der Waals surface area contributed by atoms with E-state index in [4.69, 9.17) is 15.9 Å². The Morgan fingerprint density at radius 2 is 1.88 bits per heavy atom. The lowest BCUT2D eigenvalue weighted by Gasteiger charge is -2.13. The van der Waals surface area contributed by atoms with Gasteiger partial charge in [0.15, 0.2) is 17.0 Å². The average Bonchev–Trinajstić information content (AvgIpc) is 3.17. The van der Waals surface area contributed by atoms with Crippen molar-refractivity contribution >= 4 is 22.9 Å². The highest BCUT2D eigenvalue weighted by Crippen LogP contribution is 2.36. The van der Waals surface area contributed by atoms with Gasteiger partial charge in [0.25, 0.3) is 0 Å². The SMILES string of the molecule is CO.CO.Nc1nc(NC2CC2)c2ncn(C3CCC(CO)C3)c2n1. The van der Waals surface area contributed by atoms with Crippen molar-refractivity contribution in [2.75, 3.05) is 31.9 Å². The number of anilines is 2. The van der Waals surface area contributed by atoms with Crippen LogP contribution in [-0.4, -0.2) is 61.7 Å². The molecule has 0 aromatic carbocycles. The maximum absolute atomic E-state index is 9.31. The number of aliphatic hydroxyl groups excluding tert-OH is 3. The molecule has 0 bridgehead atoms. The molecular weight excluding hydrogens is 324 g/mol. The Hall–Kier alpha value is -1.97. The zero-order valence-electron chi connectivity index (χ0n) is 14.8. The van der Waals surface area contributed by atoms with E-state index < -0.39 is 0 Å². The number of imidazole rings is 1. The molecule has 2 saturated carbocycles. The van der Waals surface area contributed by atoms with Crippen LogP contribution in [0, 0.1) is 5.92 Å². The smallest absolute Gasteiger partial charge is 0.224 e. The topological polar surface area (TPSA) is 142 Å². The van der Waals surface area contributed by atoms with Gasteiger partial charge in [-0.15, -0.1) is 0 Å². The lowest BCUT2D eigenvalue weighted by atomic mass is 10.1. The van der Waals surface area contributed by atoms with Crippen molar-refractivity contribution < 1.29 is 15.3 Å². The summed E-state index contributed by atoms with van der Waals surface area (Å²) in [5.41, 5.74) is 7.45. The predicted molar refractivity (Wildman–Crippen MR) is 96.1 cm³/mol. The van der Waals surface area contributed by atoms with Crippen molar-refractivity contribution in [3.63, 3.8) is 0 Å². The molecule has 9 nitrogen and oxygen atoms in total. The second-order valence-electron chi connectivity index (χ2n) is 6.19. The molecule has 0 saturated heterocycles. The Morgan fingerprint density at radius 1 is 1.16 bits per heavy atom. The molecule has 2 aromatic heterocycles. The third-order valence-electron chi connectivity index (χ3n) is 4.52. The summed E-state index contributed by atoms with van der Waals surface area (Å²) in [6, 6.07) is 0.841. The van der Waals surface area contributed by atoms with Crippen LogP contribution >= 0.6 is 0 Å². The fourth-order valence-electron chi connectivity index (χ4n) is 3.19. The summed E-state index contributed by atoms with van der Waals surface area (Å²) in [6.07, 6.45) is 7.25. The standard InChI is InChI=1S/C14H20N6O.2CH4O/c15-14-18-12(17-9-2-3-9)11-13(19-14)20(7-16-11)10-4-1-8(5-10)6-21;2*1-2/h7-10,21H,1-6H2,(H3,15,17,18,19);2*2H,1H3. The maximum Gasteiger partial charge on any atom is 0.224 e. The van der Waals surface area contributed by atoms with Gasteiger partial charge in [0.2, 0.25) is 5.95 Å². The molecule has 9 heteroatoms. The lowest BCUT2D eigenvalue weighted by molar-refractivity contribution is 0.226. The Balaban J connectivity index is 0.000000528. The van der Waals surface area contributed by atoms with Crippen molar-refractivity contribution in [3.8, 4) is 0 Å². The van der Waals surface area contributed by atoms with Gasteiger partial charge in [-0.3, -0.25) is 0 Å². The first-order valence-electron chi connectivity index (χ1n) is 8.51. The van der Waals surface area contributed by atoms with Crippen LogP contribution in [0.2, 0.25) is 0 Å². The Kier molecular flexibility index (Phi) is 6.91. The maximum atomic E-state index is 9.31. The van der Waals surface area contributed by atoms with Crippen molar-refractivity contribution in [1.82, 2.24) is 19.5 Å². The molecule has 2 aromatic rings. The summed E-state index contributed by atoms with van der Waals surface area (Å²) in [5, 5.41) is 26.7. The van der Waals surface area contributed by atoms with E-state index in [0.29, 0.717) is 18.0 Å². The minimum absolute atomic E-state index is 0.259. The molecule has 2 aliphatic rings. The number of rotatable bonds is 4. The molecule has 0 aliphatic heterocycles. The van der Waals surface area contributed by atoms with Crippen LogP contribution in [0.15, 0.2) is 6.33 Å². The highest BCUT2D eigenvalue weighted by molar-refractivity contribution is 5.84. The lowest BCUT2D eigenvalue weighted by Crippen LogP contribution is -2.10. The third kappa shape index (κ3) is 4.36. The zero-order chi connectivity index (χ0) is 18.4. The number of aromatic nitrogens is 4. The molecule has 0 radical (unpaired) electrons. The van der Waals surface area contributed by atoms with Crippen LogP contribution in [0.4, 0.5) is 11.8 Å². The van der Waals surface area contributed by atoms with E-state index >= 15 is 0 Å². The number of nitrogen functional groups attached to an aromatic ring is 1. The highest BCUT2D eigenvalue weighted by Gasteiger charge is 2.28. The average molecular weight is 352 g/mol. The van der Waals surface area contributed by atoms with Crippen molar-refractivity contribution in [1.29, 1.82) is 0 Å². The minimum atomic E-state index is 0.259. The van der Waals surface area contributed by atoms with E-state index in [-0.39, 0.29) is 12.6 Å². The normalized spacial score (nSPS) is 22.0. The summed E-state index contributed by atoms with van der Waals surface area (Å²) in [5.74, 6) is 1.41. The zero-order valence-corrected chi connectivity index (χ0v) is 14.8. The molecule has 0 spiro atoms. The molecule has 2 heterocycles. The van der Waals surface area contributed by atoms with Crippen LogP contribution in [-0.2, 0) is 0 Å². The van der Waals surface area contributed by atoms with Crippen LogP contribution in [0.5, 0.6) is 0 Å². The van der Waals surface area contributed by atoms with Crippen molar-refractivity contribution in [2.24, 2.45) is 5.92 Å². The monoisotopic (exact) mass is 352 g/mol. The van der Waals surface area contributed by atoms with Crippen LogP contribution < -0.4 is 11.1 Å². The van der Waals surface area contributed by atoms with Gasteiger partial charge in [-0.25, -0.2) is 4.98 Å². The molecule has 2 aliphatic carbocycles. The summed E-state index contributed by atoms with van der Waals surface area (Å²) in [4.78, 5) is 13.2. The Bertz CT molecular complexity index is 673. The largest absolute Gasteiger partial charge is 0.400 e. The van der Waals surface area contributed by atoms with E-state index in [1.807, 2.05) is 6.33 Å². The minimum Gasteiger partial charge on any atom is -0.400 e. The van der Waals surface area contributed by atoms with Crippen LogP contribution in [0.1, 0.15) is 38.1 Å². The van der Waals surface area contributed by atoms with E-state index in [1.54, 1.807) is 0 Å². The van der Waals surface area contributed by atoms with E-state index in [0.717, 1.165) is 50.5 Å². The third-order valence-corrected chi connectivity index (χ3v) is 4.52. The van der Waals surface area contributed by atoms with Gasteiger partial charge >= 0.3 is 0 Å². The van der Waals surface area contributed by atoms with Gasteiger partial charge in [0.05, 0.1) is 6.33 Å².